The molecule has 1 fully saturated rings. The van der Waals surface area contributed by atoms with Gasteiger partial charge in [-0.3, -0.25) is 5.14 Å². The van der Waals surface area contributed by atoms with Crippen molar-refractivity contribution < 1.29 is 22.1 Å². The van der Waals surface area contributed by atoms with Crippen LogP contribution < -0.4 is 5.14 Å². The molecule has 24 heavy (non-hydrogen) atoms. The number of ether oxygens (including phenoxy) is 1. The molecule has 0 aliphatic heterocycles. The maximum Gasteiger partial charge on any atom is 0.298 e. The van der Waals surface area contributed by atoms with Crippen LogP contribution in [0.15, 0.2) is 18.2 Å². The van der Waals surface area contributed by atoms with Crippen LogP contribution in [0.1, 0.15) is 57.1 Å². The fourth-order valence-electron chi connectivity index (χ4n) is 2.68. The zero-order valence-corrected chi connectivity index (χ0v) is 15.0. The van der Waals surface area contributed by atoms with Gasteiger partial charge in [-0.2, -0.15) is 8.78 Å². The van der Waals surface area contributed by atoms with Crippen molar-refractivity contribution in [3.8, 4) is 0 Å². The first-order valence-electron chi connectivity index (χ1n) is 7.99. The first-order chi connectivity index (χ1) is 11.0. The second-order valence-electron chi connectivity index (χ2n) is 7.09. The first-order valence-corrected chi connectivity index (χ1v) is 9.20. The maximum atomic E-state index is 14.7. The van der Waals surface area contributed by atoms with Crippen LogP contribution in [0.5, 0.6) is 0 Å². The minimum Gasteiger partial charge on any atom is -0.372 e. The van der Waals surface area contributed by atoms with E-state index in [-0.39, 0.29) is 11.7 Å². The molecule has 1 aromatic rings. The third kappa shape index (κ3) is 4.58. The second-order valence-corrected chi connectivity index (χ2v) is 8.79. The highest BCUT2D eigenvalue weighted by molar-refractivity contribution is 7.84. The lowest BCUT2D eigenvalue weighted by Crippen LogP contribution is -2.33. The number of nitrogens with two attached hydrogens (primary N) is 1. The summed E-state index contributed by atoms with van der Waals surface area (Å²) in [6.45, 7) is 4.32. The zero-order chi connectivity index (χ0) is 18.1. The van der Waals surface area contributed by atoms with E-state index >= 15 is 0 Å². The molecule has 1 unspecified atom stereocenters. The molecule has 136 valence electrons. The summed E-state index contributed by atoms with van der Waals surface area (Å²) in [6.07, 6.45) is 1.75. The average Bonchev–Trinajstić information content (AvgIpc) is 3.28. The van der Waals surface area contributed by atoms with Crippen molar-refractivity contribution in [2.24, 2.45) is 5.14 Å². The van der Waals surface area contributed by atoms with Crippen molar-refractivity contribution in [1.82, 2.24) is 0 Å². The van der Waals surface area contributed by atoms with Crippen LogP contribution in [-0.4, -0.2) is 21.7 Å². The molecule has 1 aromatic carbocycles. The Balaban J connectivity index is 2.21. The van der Waals surface area contributed by atoms with Crippen molar-refractivity contribution in [2.45, 2.75) is 62.7 Å². The summed E-state index contributed by atoms with van der Waals surface area (Å²) in [5, 5.41) is 5.45. The summed E-state index contributed by atoms with van der Waals surface area (Å²) in [6, 6.07) is 3.99. The Morgan fingerprint density at radius 2 is 2.00 bits per heavy atom. The van der Waals surface area contributed by atoms with E-state index in [2.05, 4.69) is 0 Å². The molecule has 0 radical (unpaired) electrons. The van der Waals surface area contributed by atoms with E-state index in [0.717, 1.165) is 18.9 Å². The summed E-state index contributed by atoms with van der Waals surface area (Å²) in [5.74, 6) is -4.70. The van der Waals surface area contributed by atoms with E-state index in [4.69, 9.17) is 9.88 Å². The number of hydrogen-bond acceptors (Lipinski definition) is 2. The van der Waals surface area contributed by atoms with Gasteiger partial charge in [0.15, 0.2) is 0 Å². The minimum absolute atomic E-state index is 0.124. The SMILES string of the molecule is C[C@H](CC(C)(C)S(N)=O)c1cccc(C(F)(F)COC2CC2)c1F. The van der Waals surface area contributed by atoms with Gasteiger partial charge in [0.25, 0.3) is 5.92 Å². The molecule has 7 heteroatoms. The number of benzene rings is 1. The Morgan fingerprint density at radius 3 is 2.54 bits per heavy atom. The predicted octanol–water partition coefficient (Wildman–Crippen LogP) is 3.99. The van der Waals surface area contributed by atoms with Crippen molar-refractivity contribution in [1.29, 1.82) is 0 Å². The quantitative estimate of drug-likeness (QED) is 0.759. The lowest BCUT2D eigenvalue weighted by atomic mass is 9.89. The maximum absolute atomic E-state index is 14.7. The normalized spacial score (nSPS) is 18.5. The van der Waals surface area contributed by atoms with Crippen molar-refractivity contribution in [3.05, 3.63) is 35.1 Å². The van der Waals surface area contributed by atoms with Crippen LogP contribution in [0, 0.1) is 5.82 Å². The summed E-state index contributed by atoms with van der Waals surface area (Å²) in [7, 11) is -1.59. The lowest BCUT2D eigenvalue weighted by Gasteiger charge is -2.26. The Labute approximate surface area is 143 Å². The number of halogens is 3. The molecule has 1 aliphatic carbocycles. The minimum atomic E-state index is -3.38. The Hall–Kier alpha value is -0.920. The molecular weight excluding hydrogens is 339 g/mol. The molecule has 2 rings (SSSR count). The molecule has 1 saturated carbocycles. The van der Waals surface area contributed by atoms with Crippen LogP contribution in [0.2, 0.25) is 0 Å². The highest BCUT2D eigenvalue weighted by Gasteiger charge is 2.39. The van der Waals surface area contributed by atoms with Crippen LogP contribution in [0.3, 0.4) is 0 Å². The standard InChI is InChI=1S/C17H24F3NO2S/c1-11(9-16(2,3)24(21)22)13-5-4-6-14(15(13)18)17(19,20)10-23-12-7-8-12/h4-6,11-12H,7-10,21H2,1-3H3/t11-,24?/m1/s1. The van der Waals surface area contributed by atoms with Gasteiger partial charge in [0, 0.05) is 0 Å². The highest BCUT2D eigenvalue weighted by atomic mass is 32.2. The topological polar surface area (TPSA) is 52.3 Å². The molecule has 3 nitrogen and oxygen atoms in total. The van der Waals surface area contributed by atoms with Gasteiger partial charge in [0.05, 0.1) is 27.4 Å². The Kier molecular flexibility index (Phi) is 5.77. The summed E-state index contributed by atoms with van der Waals surface area (Å²) < 4.78 is 59.1. The largest absolute Gasteiger partial charge is 0.372 e. The highest BCUT2D eigenvalue weighted by Crippen LogP contribution is 2.37. The number of alkyl halides is 2. The van der Waals surface area contributed by atoms with E-state index in [0.29, 0.717) is 6.42 Å². The van der Waals surface area contributed by atoms with Gasteiger partial charge in [-0.05, 0) is 50.7 Å². The monoisotopic (exact) mass is 363 g/mol. The summed E-state index contributed by atoms with van der Waals surface area (Å²) >= 11 is 0. The van der Waals surface area contributed by atoms with Crippen molar-refractivity contribution in [2.75, 3.05) is 6.61 Å². The van der Waals surface area contributed by atoms with Crippen LogP contribution in [0.4, 0.5) is 13.2 Å². The van der Waals surface area contributed by atoms with Gasteiger partial charge in [-0.15, -0.1) is 0 Å². The molecule has 2 N–H and O–H groups in total. The fraction of sp³-hybridized carbons (Fsp3) is 0.647. The van der Waals surface area contributed by atoms with E-state index in [1.807, 2.05) is 0 Å². The van der Waals surface area contributed by atoms with E-state index in [1.54, 1.807) is 20.8 Å². The van der Waals surface area contributed by atoms with E-state index in [9.17, 15) is 17.4 Å². The fourth-order valence-corrected chi connectivity index (χ4v) is 3.09. The van der Waals surface area contributed by atoms with Crippen molar-refractivity contribution >= 4 is 11.0 Å². The van der Waals surface area contributed by atoms with Crippen LogP contribution in [-0.2, 0) is 21.6 Å². The van der Waals surface area contributed by atoms with Gasteiger partial charge in [-0.25, -0.2) is 8.60 Å². The van der Waals surface area contributed by atoms with Gasteiger partial charge in [0.2, 0.25) is 0 Å². The van der Waals surface area contributed by atoms with Gasteiger partial charge < -0.3 is 4.74 Å². The van der Waals surface area contributed by atoms with Gasteiger partial charge in [0.1, 0.15) is 12.4 Å². The average molecular weight is 363 g/mol. The van der Waals surface area contributed by atoms with Crippen molar-refractivity contribution in [3.63, 3.8) is 0 Å². The zero-order valence-electron chi connectivity index (χ0n) is 14.2. The lowest BCUT2D eigenvalue weighted by molar-refractivity contribution is -0.0895. The molecule has 0 aromatic heterocycles. The van der Waals surface area contributed by atoms with Crippen LogP contribution >= 0.6 is 0 Å². The Morgan fingerprint density at radius 1 is 1.38 bits per heavy atom. The molecule has 0 heterocycles. The molecule has 0 spiro atoms. The second kappa shape index (κ2) is 7.14. The molecular formula is C17H24F3NO2S. The number of hydrogen-bond donors (Lipinski definition) is 1. The molecule has 0 saturated heterocycles. The predicted molar refractivity (Wildman–Crippen MR) is 88.7 cm³/mol. The van der Waals surface area contributed by atoms with Gasteiger partial charge in [-0.1, -0.05) is 19.1 Å². The van der Waals surface area contributed by atoms with Gasteiger partial charge >= 0.3 is 0 Å². The molecule has 0 bridgehead atoms. The molecule has 0 amide bonds. The first kappa shape index (κ1) is 19.4. The third-order valence-corrected chi connectivity index (χ3v) is 5.58. The smallest absolute Gasteiger partial charge is 0.298 e. The summed E-state index contributed by atoms with van der Waals surface area (Å²) in [5.41, 5.74) is -0.476. The van der Waals surface area contributed by atoms with E-state index in [1.165, 1.54) is 12.1 Å². The van der Waals surface area contributed by atoms with E-state index < -0.39 is 45.6 Å². The van der Waals surface area contributed by atoms with Crippen LogP contribution in [0.25, 0.3) is 0 Å². The Bertz CT molecular complexity index is 618. The number of rotatable bonds is 8. The molecule has 1 aliphatic rings. The third-order valence-electron chi connectivity index (χ3n) is 4.32. The molecule has 2 atom stereocenters. The summed E-state index contributed by atoms with van der Waals surface area (Å²) in [4.78, 5) is 0.